The molecule has 1 aromatic carbocycles. The summed E-state index contributed by atoms with van der Waals surface area (Å²) in [5, 5.41) is 2.23. The molecule has 0 spiro atoms. The Labute approximate surface area is 146 Å². The molecule has 3 rings (SSSR count). The van der Waals surface area contributed by atoms with Crippen LogP contribution in [0.1, 0.15) is 5.56 Å². The first-order valence-corrected chi connectivity index (χ1v) is 7.60. The third-order valence-corrected chi connectivity index (χ3v) is 3.79. The van der Waals surface area contributed by atoms with Crippen LogP contribution in [0.15, 0.2) is 55.2 Å². The van der Waals surface area contributed by atoms with Crippen LogP contribution in [0.4, 0.5) is 10.5 Å². The lowest BCUT2D eigenvalue weighted by Gasteiger charge is -2.09. The van der Waals surface area contributed by atoms with E-state index in [1.54, 1.807) is 24.3 Å². The molecule has 9 heteroatoms. The van der Waals surface area contributed by atoms with Crippen molar-refractivity contribution in [3.05, 3.63) is 73.2 Å². The zero-order valence-electron chi connectivity index (χ0n) is 14.0. The van der Waals surface area contributed by atoms with Crippen molar-refractivity contribution in [3.8, 4) is 0 Å². The summed E-state index contributed by atoms with van der Waals surface area (Å²) < 4.78 is 12.0. The maximum atomic E-state index is 12.2. The van der Waals surface area contributed by atoms with Crippen molar-refractivity contribution in [2.45, 2.75) is 6.61 Å². The van der Waals surface area contributed by atoms with Gasteiger partial charge in [0, 0.05) is 14.1 Å². The first kappa shape index (κ1) is 17.2. The molecule has 0 saturated heterocycles. The molecule has 0 aliphatic carbocycles. The number of nitrogens with one attached hydrogen (secondary N) is 1. The lowest BCUT2D eigenvalue weighted by molar-refractivity contribution is 0.155. The zero-order chi connectivity index (χ0) is 18.8. The molecule has 0 radical (unpaired) electrons. The molecule has 3 aromatic rings. The fourth-order valence-corrected chi connectivity index (χ4v) is 2.40. The Kier molecular flexibility index (Phi) is 4.44. The van der Waals surface area contributed by atoms with Gasteiger partial charge >= 0.3 is 17.4 Å². The first-order valence-electron chi connectivity index (χ1n) is 7.60. The summed E-state index contributed by atoms with van der Waals surface area (Å²) in [6, 6.07) is 10.2. The molecule has 2 aromatic heterocycles. The largest absolute Gasteiger partial charge is 0.444 e. The smallest absolute Gasteiger partial charge is 0.412 e. The van der Waals surface area contributed by atoms with Gasteiger partial charge in [-0.15, -0.1) is 0 Å². The molecule has 0 unspecified atom stereocenters. The van der Waals surface area contributed by atoms with Crippen LogP contribution in [0.5, 0.6) is 0 Å². The van der Waals surface area contributed by atoms with E-state index in [4.69, 9.17) is 9.15 Å². The maximum absolute atomic E-state index is 12.2. The highest BCUT2D eigenvalue weighted by Crippen LogP contribution is 2.11. The molecular weight excluding hydrogens is 342 g/mol. The van der Waals surface area contributed by atoms with Crippen molar-refractivity contribution in [3.63, 3.8) is 0 Å². The Bertz CT molecular complexity index is 1160. The van der Waals surface area contributed by atoms with E-state index in [0.717, 1.165) is 20.8 Å². The number of carbonyl (C=O) groups excluding carboxylic acids is 1. The monoisotopic (exact) mass is 357 g/mol. The molecule has 1 amide bonds. The van der Waals surface area contributed by atoms with Crippen LogP contribution < -0.4 is 22.2 Å². The number of carbonyl (C=O) groups is 1. The van der Waals surface area contributed by atoms with Gasteiger partial charge in [-0.05, 0) is 11.6 Å². The number of aromatic nitrogens is 2. The number of rotatable bonds is 3. The van der Waals surface area contributed by atoms with Crippen molar-refractivity contribution in [1.82, 2.24) is 9.13 Å². The van der Waals surface area contributed by atoms with E-state index in [1.165, 1.54) is 14.1 Å². The normalized spacial score (nSPS) is 10.7. The molecule has 0 aliphatic heterocycles. The van der Waals surface area contributed by atoms with Gasteiger partial charge in [0.1, 0.15) is 17.7 Å². The molecular formula is C17H15N3O6. The minimum Gasteiger partial charge on any atom is -0.444 e. The molecule has 9 nitrogen and oxygen atoms in total. The molecule has 134 valence electrons. The lowest BCUT2D eigenvalue weighted by atomic mass is 10.2. The average Bonchev–Trinajstić information content (AvgIpc) is 2.65. The molecule has 2 heterocycles. The van der Waals surface area contributed by atoms with Crippen molar-refractivity contribution < 1.29 is 13.9 Å². The van der Waals surface area contributed by atoms with E-state index in [2.05, 4.69) is 5.32 Å². The van der Waals surface area contributed by atoms with Crippen molar-refractivity contribution in [2.75, 3.05) is 5.32 Å². The van der Waals surface area contributed by atoms with Gasteiger partial charge in [-0.25, -0.2) is 14.4 Å². The van der Waals surface area contributed by atoms with Crippen LogP contribution in [0.25, 0.3) is 11.1 Å². The summed E-state index contributed by atoms with van der Waals surface area (Å²) in [5.74, 6) is 0. The standard InChI is InChI=1S/C17H15N3O6/c1-19-13(21)11-8-12(15(22)26-14(11)20(2)17(19)24)18-16(23)25-9-10-6-4-3-5-7-10/h3-8H,9H2,1-2H3,(H,18,23). The highest BCUT2D eigenvalue weighted by molar-refractivity contribution is 5.87. The van der Waals surface area contributed by atoms with Gasteiger partial charge < -0.3 is 9.15 Å². The van der Waals surface area contributed by atoms with E-state index < -0.39 is 23.0 Å². The van der Waals surface area contributed by atoms with Crippen LogP contribution >= 0.6 is 0 Å². The third kappa shape index (κ3) is 3.14. The number of hydrogen-bond acceptors (Lipinski definition) is 6. The van der Waals surface area contributed by atoms with Gasteiger partial charge in [0.15, 0.2) is 0 Å². The summed E-state index contributed by atoms with van der Waals surface area (Å²) in [5.41, 5.74) is -1.84. The Morgan fingerprint density at radius 1 is 1.12 bits per heavy atom. The Balaban J connectivity index is 1.90. The predicted molar refractivity (Wildman–Crippen MR) is 93.2 cm³/mol. The van der Waals surface area contributed by atoms with Gasteiger partial charge in [-0.1, -0.05) is 30.3 Å². The molecule has 0 aliphatic rings. The molecule has 1 N–H and O–H groups in total. The van der Waals surface area contributed by atoms with Crippen molar-refractivity contribution in [1.29, 1.82) is 0 Å². The number of nitrogens with zero attached hydrogens (tertiary/aromatic N) is 2. The van der Waals surface area contributed by atoms with Crippen LogP contribution in [0, 0.1) is 0 Å². The second-order valence-electron chi connectivity index (χ2n) is 5.56. The number of benzene rings is 1. The number of fused-ring (bicyclic) bond motifs is 1. The number of anilines is 1. The second-order valence-corrected chi connectivity index (χ2v) is 5.56. The number of hydrogen-bond donors (Lipinski definition) is 1. The van der Waals surface area contributed by atoms with Crippen LogP contribution in [-0.2, 0) is 25.4 Å². The molecule has 0 fully saturated rings. The highest BCUT2D eigenvalue weighted by atomic mass is 16.5. The summed E-state index contributed by atoms with van der Waals surface area (Å²) in [6.07, 6.45) is -0.873. The van der Waals surface area contributed by atoms with E-state index in [9.17, 15) is 19.2 Å². The van der Waals surface area contributed by atoms with E-state index in [-0.39, 0.29) is 23.4 Å². The summed E-state index contributed by atoms with van der Waals surface area (Å²) in [6.45, 7) is 0.0157. The summed E-state index contributed by atoms with van der Waals surface area (Å²) >= 11 is 0. The number of ether oxygens (including phenoxy) is 1. The Morgan fingerprint density at radius 2 is 1.81 bits per heavy atom. The quantitative estimate of drug-likeness (QED) is 0.746. The molecule has 26 heavy (non-hydrogen) atoms. The minimum atomic E-state index is -0.905. The fraction of sp³-hybridized carbons (Fsp3) is 0.176. The highest BCUT2D eigenvalue weighted by Gasteiger charge is 2.16. The van der Waals surface area contributed by atoms with E-state index >= 15 is 0 Å². The van der Waals surface area contributed by atoms with Gasteiger partial charge in [0.2, 0.25) is 5.71 Å². The zero-order valence-corrected chi connectivity index (χ0v) is 14.0. The van der Waals surface area contributed by atoms with Gasteiger partial charge in [-0.2, -0.15) is 0 Å². The molecule has 0 saturated carbocycles. The van der Waals surface area contributed by atoms with E-state index in [1.807, 2.05) is 6.07 Å². The predicted octanol–water partition coefficient (Wildman–Crippen LogP) is 0.939. The van der Waals surface area contributed by atoms with Gasteiger partial charge in [0.05, 0.1) is 0 Å². The van der Waals surface area contributed by atoms with Crippen LogP contribution in [-0.4, -0.2) is 15.2 Å². The minimum absolute atomic E-state index is 0.0157. The molecule has 0 atom stereocenters. The second kappa shape index (κ2) is 6.71. The average molecular weight is 357 g/mol. The first-order chi connectivity index (χ1) is 12.4. The molecule has 0 bridgehead atoms. The number of amides is 1. The third-order valence-electron chi connectivity index (χ3n) is 3.79. The Hall–Kier alpha value is -3.62. The maximum Gasteiger partial charge on any atom is 0.412 e. The Morgan fingerprint density at radius 3 is 2.50 bits per heavy atom. The summed E-state index contributed by atoms with van der Waals surface area (Å²) in [7, 11) is 2.67. The lowest BCUT2D eigenvalue weighted by Crippen LogP contribution is -2.37. The van der Waals surface area contributed by atoms with Crippen LogP contribution in [0.3, 0.4) is 0 Å². The van der Waals surface area contributed by atoms with Crippen LogP contribution in [0.2, 0.25) is 0 Å². The fourth-order valence-electron chi connectivity index (χ4n) is 2.40. The SMILES string of the molecule is Cn1c(=O)c2cc(NC(=O)OCc3ccccc3)c(=O)oc2n(C)c1=O. The number of aryl methyl sites for hydroxylation is 1. The van der Waals surface area contributed by atoms with Gasteiger partial charge in [-0.3, -0.25) is 19.2 Å². The van der Waals surface area contributed by atoms with Gasteiger partial charge in [0.25, 0.3) is 5.56 Å². The summed E-state index contributed by atoms with van der Waals surface area (Å²) in [4.78, 5) is 48.0. The van der Waals surface area contributed by atoms with Crippen molar-refractivity contribution in [2.24, 2.45) is 14.1 Å². The van der Waals surface area contributed by atoms with E-state index in [0.29, 0.717) is 0 Å². The topological polar surface area (TPSA) is 113 Å². The van der Waals surface area contributed by atoms with Crippen molar-refractivity contribution >= 4 is 22.9 Å².